The smallest absolute Gasteiger partial charge is 0.245 e. The first-order valence-electron chi connectivity index (χ1n) is 9.61. The number of pyridine rings is 1. The minimum Gasteiger partial charge on any atom is -0.397 e. The van der Waals surface area contributed by atoms with E-state index >= 15 is 0 Å². The molecule has 0 saturated heterocycles. The largest absolute Gasteiger partial charge is 0.397 e. The second-order valence-corrected chi connectivity index (χ2v) is 7.27. The molecule has 0 unspecified atom stereocenters. The zero-order chi connectivity index (χ0) is 21.3. The van der Waals surface area contributed by atoms with Crippen LogP contribution in [0.15, 0.2) is 24.5 Å². The standard InChI is InChI=1S/C20H23N9O/c1-28(11-18(30)25-17-6-7-29(2)27-17)20-13-4-3-5-15(13)24-19(26-20)16-8-12(9-21)14(22)10-23-16/h6-10,21H,3-5,11,22H2,1-2H3,(H,25,27,30). The molecule has 3 heterocycles. The fourth-order valence-electron chi connectivity index (χ4n) is 3.53. The Morgan fingerprint density at radius 1 is 1.40 bits per heavy atom. The average Bonchev–Trinajstić information content (AvgIpc) is 3.36. The average molecular weight is 405 g/mol. The number of aromatic nitrogens is 5. The number of likely N-dealkylation sites (N-methyl/N-ethyl adjacent to an activating group) is 1. The molecule has 1 aliphatic carbocycles. The number of nitrogen functional groups attached to an aromatic ring is 1. The summed E-state index contributed by atoms with van der Waals surface area (Å²) in [6, 6.07) is 3.45. The lowest BCUT2D eigenvalue weighted by Gasteiger charge is -2.21. The summed E-state index contributed by atoms with van der Waals surface area (Å²) in [6.07, 6.45) is 7.19. The molecule has 0 bridgehead atoms. The van der Waals surface area contributed by atoms with E-state index < -0.39 is 0 Å². The van der Waals surface area contributed by atoms with Crippen LogP contribution in [0.2, 0.25) is 0 Å². The van der Waals surface area contributed by atoms with Crippen LogP contribution in [-0.2, 0) is 24.7 Å². The number of nitrogens with one attached hydrogen (secondary N) is 2. The molecule has 3 aromatic heterocycles. The molecule has 0 radical (unpaired) electrons. The third-order valence-electron chi connectivity index (χ3n) is 4.99. The third-order valence-corrected chi connectivity index (χ3v) is 4.99. The van der Waals surface area contributed by atoms with Crippen LogP contribution >= 0.6 is 0 Å². The molecule has 4 rings (SSSR count). The number of amides is 1. The summed E-state index contributed by atoms with van der Waals surface area (Å²) >= 11 is 0. The summed E-state index contributed by atoms with van der Waals surface area (Å²) in [4.78, 5) is 28.1. The zero-order valence-corrected chi connectivity index (χ0v) is 16.9. The SMILES string of the molecule is CN(CC(=O)Nc1ccn(C)n1)c1nc(-c2cc(C=N)c(N)cn2)nc2c1CCC2. The van der Waals surface area contributed by atoms with Gasteiger partial charge < -0.3 is 21.4 Å². The van der Waals surface area contributed by atoms with Crippen molar-refractivity contribution in [1.82, 2.24) is 24.7 Å². The Morgan fingerprint density at radius 3 is 2.97 bits per heavy atom. The van der Waals surface area contributed by atoms with Gasteiger partial charge in [0.1, 0.15) is 11.5 Å². The van der Waals surface area contributed by atoms with E-state index in [1.165, 1.54) is 12.4 Å². The van der Waals surface area contributed by atoms with Crippen molar-refractivity contribution in [3.05, 3.63) is 41.3 Å². The Kier molecular flexibility index (Phi) is 5.13. The second-order valence-electron chi connectivity index (χ2n) is 7.27. The lowest BCUT2D eigenvalue weighted by atomic mass is 10.2. The van der Waals surface area contributed by atoms with Gasteiger partial charge in [0.15, 0.2) is 11.6 Å². The Bertz CT molecular complexity index is 1120. The number of aryl methyl sites for hydroxylation is 2. The topological polar surface area (TPSA) is 139 Å². The van der Waals surface area contributed by atoms with Gasteiger partial charge in [0, 0.05) is 49.4 Å². The molecule has 1 amide bonds. The van der Waals surface area contributed by atoms with Crippen LogP contribution in [-0.4, -0.2) is 50.4 Å². The third kappa shape index (κ3) is 3.84. The van der Waals surface area contributed by atoms with Crippen molar-refractivity contribution >= 4 is 29.4 Å². The number of rotatable bonds is 6. The number of hydrogen-bond donors (Lipinski definition) is 3. The van der Waals surface area contributed by atoms with E-state index in [2.05, 4.69) is 15.4 Å². The van der Waals surface area contributed by atoms with E-state index in [9.17, 15) is 4.79 Å². The van der Waals surface area contributed by atoms with Crippen molar-refractivity contribution in [2.24, 2.45) is 7.05 Å². The molecule has 0 saturated carbocycles. The maximum Gasteiger partial charge on any atom is 0.245 e. The van der Waals surface area contributed by atoms with E-state index in [-0.39, 0.29) is 12.5 Å². The normalized spacial score (nSPS) is 12.5. The summed E-state index contributed by atoms with van der Waals surface area (Å²) < 4.78 is 1.63. The van der Waals surface area contributed by atoms with E-state index in [0.29, 0.717) is 28.6 Å². The van der Waals surface area contributed by atoms with Crippen LogP contribution in [0.3, 0.4) is 0 Å². The first kappa shape index (κ1) is 19.5. The molecule has 154 valence electrons. The quantitative estimate of drug-likeness (QED) is 0.527. The molecule has 4 N–H and O–H groups in total. The van der Waals surface area contributed by atoms with Crippen molar-refractivity contribution < 1.29 is 4.79 Å². The molecular weight excluding hydrogens is 382 g/mol. The predicted molar refractivity (Wildman–Crippen MR) is 115 cm³/mol. The first-order valence-corrected chi connectivity index (χ1v) is 9.61. The Hall–Kier alpha value is -3.82. The molecule has 10 heteroatoms. The summed E-state index contributed by atoms with van der Waals surface area (Å²) in [5.74, 6) is 1.51. The Balaban J connectivity index is 1.62. The summed E-state index contributed by atoms with van der Waals surface area (Å²) in [5, 5.41) is 14.5. The minimum absolute atomic E-state index is 0.125. The van der Waals surface area contributed by atoms with Crippen LogP contribution in [0, 0.1) is 5.41 Å². The van der Waals surface area contributed by atoms with Crippen LogP contribution in [0.1, 0.15) is 23.2 Å². The number of anilines is 3. The number of nitrogens with zero attached hydrogens (tertiary/aromatic N) is 6. The van der Waals surface area contributed by atoms with Crippen LogP contribution < -0.4 is 16.0 Å². The van der Waals surface area contributed by atoms with Crippen LogP contribution in [0.5, 0.6) is 0 Å². The van der Waals surface area contributed by atoms with Gasteiger partial charge in [-0.05, 0) is 25.3 Å². The van der Waals surface area contributed by atoms with Gasteiger partial charge >= 0.3 is 0 Å². The number of carbonyl (C=O) groups excluding carboxylic acids is 1. The second kappa shape index (κ2) is 7.90. The van der Waals surface area contributed by atoms with Gasteiger partial charge in [-0.2, -0.15) is 5.10 Å². The maximum atomic E-state index is 12.5. The molecule has 0 spiro atoms. The molecule has 30 heavy (non-hydrogen) atoms. The van der Waals surface area contributed by atoms with Gasteiger partial charge in [-0.1, -0.05) is 0 Å². The monoisotopic (exact) mass is 405 g/mol. The highest BCUT2D eigenvalue weighted by molar-refractivity contribution is 5.93. The van der Waals surface area contributed by atoms with E-state index in [0.717, 1.165) is 36.3 Å². The van der Waals surface area contributed by atoms with Gasteiger partial charge in [-0.15, -0.1) is 0 Å². The van der Waals surface area contributed by atoms with Crippen molar-refractivity contribution in [3.63, 3.8) is 0 Å². The van der Waals surface area contributed by atoms with Crippen LogP contribution in [0.25, 0.3) is 11.5 Å². The highest BCUT2D eigenvalue weighted by atomic mass is 16.2. The predicted octanol–water partition coefficient (Wildman–Crippen LogP) is 1.42. The zero-order valence-electron chi connectivity index (χ0n) is 16.9. The lowest BCUT2D eigenvalue weighted by molar-refractivity contribution is -0.114. The highest BCUT2D eigenvalue weighted by Crippen LogP contribution is 2.31. The molecule has 3 aromatic rings. The summed E-state index contributed by atoms with van der Waals surface area (Å²) in [5.41, 5.74) is 9.43. The molecule has 10 nitrogen and oxygen atoms in total. The van der Waals surface area contributed by atoms with Gasteiger partial charge in [0.25, 0.3) is 0 Å². The summed E-state index contributed by atoms with van der Waals surface area (Å²) in [6.45, 7) is 0.125. The number of nitrogens with two attached hydrogens (primary N) is 1. The summed E-state index contributed by atoms with van der Waals surface area (Å²) in [7, 11) is 3.63. The molecule has 0 atom stereocenters. The lowest BCUT2D eigenvalue weighted by Crippen LogP contribution is -2.31. The van der Waals surface area contributed by atoms with Gasteiger partial charge in [-0.25, -0.2) is 9.97 Å². The Morgan fingerprint density at radius 2 is 2.23 bits per heavy atom. The van der Waals surface area contributed by atoms with Crippen molar-refractivity contribution in [1.29, 1.82) is 5.41 Å². The fraction of sp³-hybridized carbons (Fsp3) is 0.300. The van der Waals surface area contributed by atoms with Gasteiger partial charge in [0.2, 0.25) is 5.91 Å². The maximum absolute atomic E-state index is 12.5. The van der Waals surface area contributed by atoms with E-state index in [4.69, 9.17) is 21.1 Å². The van der Waals surface area contributed by atoms with E-state index in [1.54, 1.807) is 30.1 Å². The van der Waals surface area contributed by atoms with Gasteiger partial charge in [0.05, 0.1) is 18.4 Å². The number of carbonyl (C=O) groups is 1. The minimum atomic E-state index is -0.181. The fourth-order valence-corrected chi connectivity index (χ4v) is 3.53. The molecule has 1 aliphatic rings. The molecule has 0 aromatic carbocycles. The molecular formula is C20H23N9O. The number of fused-ring (bicyclic) bond motifs is 1. The number of hydrogen-bond acceptors (Lipinski definition) is 8. The van der Waals surface area contributed by atoms with E-state index in [1.807, 2.05) is 11.9 Å². The van der Waals surface area contributed by atoms with Gasteiger partial charge in [-0.3, -0.25) is 14.5 Å². The first-order chi connectivity index (χ1) is 14.4. The molecule has 0 aliphatic heterocycles. The van der Waals surface area contributed by atoms with Crippen molar-refractivity contribution in [3.8, 4) is 11.5 Å². The highest BCUT2D eigenvalue weighted by Gasteiger charge is 2.23. The Labute approximate surface area is 173 Å². The van der Waals surface area contributed by atoms with Crippen molar-refractivity contribution in [2.45, 2.75) is 19.3 Å². The van der Waals surface area contributed by atoms with Crippen LogP contribution in [0.4, 0.5) is 17.3 Å². The van der Waals surface area contributed by atoms with Crippen molar-refractivity contribution in [2.75, 3.05) is 29.5 Å². The molecule has 0 fully saturated rings.